The Labute approximate surface area is 100 Å². The largest absolute Gasteiger partial charge is 0.354 e. The summed E-state index contributed by atoms with van der Waals surface area (Å²) in [7, 11) is -3.06. The predicted molar refractivity (Wildman–Crippen MR) is 62.1 cm³/mol. The molecule has 3 N–H and O–H groups in total. The van der Waals surface area contributed by atoms with Gasteiger partial charge in [0.2, 0.25) is 11.8 Å². The molecular weight excluding hydrogens is 246 g/mol. The van der Waals surface area contributed by atoms with Crippen molar-refractivity contribution in [3.8, 4) is 0 Å². The molecule has 1 rings (SSSR count). The van der Waals surface area contributed by atoms with Crippen LogP contribution in [0.4, 0.5) is 0 Å². The Balaban J connectivity index is 2.28. The number of piperazine rings is 1. The van der Waals surface area contributed by atoms with Crippen LogP contribution in [0.1, 0.15) is 6.92 Å². The maximum atomic E-state index is 11.6. The standard InChI is InChI=1S/C9H17N3O4S/c1-2-17(15,16)4-3-10-9(14)7-5-12-8(13)6-11-7/h7,11H,2-6H2,1H3,(H,10,14)(H,12,13). The molecule has 0 aromatic carbocycles. The third-order valence-corrected chi connectivity index (χ3v) is 4.19. The highest BCUT2D eigenvalue weighted by atomic mass is 32.2. The van der Waals surface area contributed by atoms with Crippen LogP contribution in [0.25, 0.3) is 0 Å². The molecule has 17 heavy (non-hydrogen) atoms. The number of carbonyl (C=O) groups excluding carboxylic acids is 2. The first kappa shape index (κ1) is 13.9. The molecule has 98 valence electrons. The molecule has 7 nitrogen and oxygen atoms in total. The number of nitrogens with one attached hydrogen (secondary N) is 3. The van der Waals surface area contributed by atoms with E-state index in [1.54, 1.807) is 6.92 Å². The fourth-order valence-corrected chi connectivity index (χ4v) is 2.05. The van der Waals surface area contributed by atoms with Crippen LogP contribution in [0, 0.1) is 0 Å². The number of carbonyl (C=O) groups is 2. The molecule has 0 saturated carbocycles. The Morgan fingerprint density at radius 3 is 2.76 bits per heavy atom. The summed E-state index contributed by atoms with van der Waals surface area (Å²) in [6.07, 6.45) is 0. The lowest BCUT2D eigenvalue weighted by atomic mass is 10.2. The van der Waals surface area contributed by atoms with Gasteiger partial charge in [0, 0.05) is 18.8 Å². The summed E-state index contributed by atoms with van der Waals surface area (Å²) in [5.41, 5.74) is 0. The number of hydrogen-bond donors (Lipinski definition) is 3. The third kappa shape index (κ3) is 4.70. The predicted octanol–water partition coefficient (Wildman–Crippen LogP) is -2.37. The van der Waals surface area contributed by atoms with Gasteiger partial charge < -0.3 is 10.6 Å². The van der Waals surface area contributed by atoms with Crippen LogP contribution in [0.15, 0.2) is 0 Å². The van der Waals surface area contributed by atoms with Gasteiger partial charge in [-0.1, -0.05) is 6.92 Å². The van der Waals surface area contributed by atoms with Gasteiger partial charge in [-0.15, -0.1) is 0 Å². The molecule has 0 bridgehead atoms. The summed E-state index contributed by atoms with van der Waals surface area (Å²) < 4.78 is 22.4. The summed E-state index contributed by atoms with van der Waals surface area (Å²) >= 11 is 0. The molecule has 0 aromatic heterocycles. The minimum atomic E-state index is -3.06. The van der Waals surface area contributed by atoms with E-state index in [1.165, 1.54) is 0 Å². The normalized spacial score (nSPS) is 20.8. The second-order valence-electron chi connectivity index (χ2n) is 3.76. The number of sulfone groups is 1. The lowest BCUT2D eigenvalue weighted by molar-refractivity contribution is -0.126. The van der Waals surface area contributed by atoms with Crippen molar-refractivity contribution < 1.29 is 18.0 Å². The van der Waals surface area contributed by atoms with Gasteiger partial charge in [-0.3, -0.25) is 14.9 Å². The van der Waals surface area contributed by atoms with Gasteiger partial charge in [0.15, 0.2) is 9.84 Å². The molecule has 0 radical (unpaired) electrons. The summed E-state index contributed by atoms with van der Waals surface area (Å²) in [5.74, 6) is -0.437. The second kappa shape index (κ2) is 5.97. The molecule has 8 heteroatoms. The molecular formula is C9H17N3O4S. The van der Waals surface area contributed by atoms with Crippen LogP contribution in [-0.4, -0.2) is 57.4 Å². The molecule has 1 fully saturated rings. The third-order valence-electron chi connectivity index (χ3n) is 2.48. The maximum Gasteiger partial charge on any atom is 0.239 e. The average molecular weight is 263 g/mol. The van der Waals surface area contributed by atoms with Gasteiger partial charge in [-0.2, -0.15) is 0 Å². The van der Waals surface area contributed by atoms with E-state index in [4.69, 9.17) is 0 Å². The number of rotatable bonds is 5. The summed E-state index contributed by atoms with van der Waals surface area (Å²) in [6.45, 7) is 1.99. The summed E-state index contributed by atoms with van der Waals surface area (Å²) in [6, 6.07) is -0.489. The lowest BCUT2D eigenvalue weighted by Crippen LogP contribution is -2.58. The first-order valence-electron chi connectivity index (χ1n) is 5.43. The molecule has 0 aliphatic carbocycles. The Bertz CT molecular complexity index is 383. The highest BCUT2D eigenvalue weighted by Crippen LogP contribution is 1.90. The first-order valence-corrected chi connectivity index (χ1v) is 7.25. The van der Waals surface area contributed by atoms with Crippen molar-refractivity contribution in [3.63, 3.8) is 0 Å². The average Bonchev–Trinajstić information content (AvgIpc) is 2.29. The van der Waals surface area contributed by atoms with Crippen LogP contribution in [-0.2, 0) is 19.4 Å². The zero-order valence-electron chi connectivity index (χ0n) is 9.65. The highest BCUT2D eigenvalue weighted by molar-refractivity contribution is 7.91. The van der Waals surface area contributed by atoms with Crippen molar-refractivity contribution in [2.45, 2.75) is 13.0 Å². The van der Waals surface area contributed by atoms with Gasteiger partial charge in [0.25, 0.3) is 0 Å². The van der Waals surface area contributed by atoms with Crippen molar-refractivity contribution in [1.82, 2.24) is 16.0 Å². The zero-order valence-corrected chi connectivity index (χ0v) is 10.5. The van der Waals surface area contributed by atoms with Crippen molar-refractivity contribution >= 4 is 21.7 Å². The van der Waals surface area contributed by atoms with Crippen molar-refractivity contribution in [2.24, 2.45) is 0 Å². The van der Waals surface area contributed by atoms with E-state index in [0.29, 0.717) is 0 Å². The van der Waals surface area contributed by atoms with Gasteiger partial charge >= 0.3 is 0 Å². The number of amides is 2. The van der Waals surface area contributed by atoms with Gasteiger partial charge in [-0.05, 0) is 0 Å². The van der Waals surface area contributed by atoms with Crippen LogP contribution >= 0.6 is 0 Å². The molecule has 2 amide bonds. The maximum absolute atomic E-state index is 11.6. The number of hydrogen-bond acceptors (Lipinski definition) is 5. The van der Waals surface area contributed by atoms with E-state index in [1.807, 2.05) is 0 Å². The van der Waals surface area contributed by atoms with Crippen molar-refractivity contribution in [2.75, 3.05) is 31.1 Å². The monoisotopic (exact) mass is 263 g/mol. The Morgan fingerprint density at radius 2 is 2.24 bits per heavy atom. The topological polar surface area (TPSA) is 104 Å². The first-order chi connectivity index (χ1) is 7.94. The quantitative estimate of drug-likeness (QED) is 0.514. The van der Waals surface area contributed by atoms with Crippen LogP contribution in [0.2, 0.25) is 0 Å². The molecule has 0 aromatic rings. The summed E-state index contributed by atoms with van der Waals surface area (Å²) in [5, 5.41) is 7.83. The van der Waals surface area contributed by atoms with E-state index in [9.17, 15) is 18.0 Å². The molecule has 1 saturated heterocycles. The molecule has 1 unspecified atom stereocenters. The molecule has 1 atom stereocenters. The molecule has 1 heterocycles. The van der Waals surface area contributed by atoms with Gasteiger partial charge in [-0.25, -0.2) is 8.42 Å². The minimum Gasteiger partial charge on any atom is -0.354 e. The van der Waals surface area contributed by atoms with Crippen molar-refractivity contribution in [1.29, 1.82) is 0 Å². The van der Waals surface area contributed by atoms with Crippen LogP contribution in [0.5, 0.6) is 0 Å². The van der Waals surface area contributed by atoms with E-state index in [2.05, 4.69) is 16.0 Å². The summed E-state index contributed by atoms with van der Waals surface area (Å²) in [4.78, 5) is 22.4. The van der Waals surface area contributed by atoms with E-state index in [0.717, 1.165) is 0 Å². The molecule has 1 aliphatic rings. The lowest BCUT2D eigenvalue weighted by Gasteiger charge is -2.23. The Hall–Kier alpha value is -1.15. The van der Waals surface area contributed by atoms with E-state index < -0.39 is 15.9 Å². The van der Waals surface area contributed by atoms with Crippen LogP contribution < -0.4 is 16.0 Å². The molecule has 1 aliphatic heterocycles. The fraction of sp³-hybridized carbons (Fsp3) is 0.778. The smallest absolute Gasteiger partial charge is 0.239 e. The Kier molecular flexibility index (Phi) is 4.88. The van der Waals surface area contributed by atoms with Gasteiger partial charge in [0.05, 0.1) is 12.3 Å². The Morgan fingerprint density at radius 1 is 1.53 bits per heavy atom. The second-order valence-corrected chi connectivity index (χ2v) is 6.24. The zero-order chi connectivity index (χ0) is 12.9. The van der Waals surface area contributed by atoms with Crippen LogP contribution in [0.3, 0.4) is 0 Å². The van der Waals surface area contributed by atoms with E-state index >= 15 is 0 Å². The van der Waals surface area contributed by atoms with Gasteiger partial charge in [0.1, 0.15) is 6.04 Å². The minimum absolute atomic E-state index is 0.0612. The molecule has 0 spiro atoms. The SMILES string of the molecule is CCS(=O)(=O)CCNC(=O)C1CNC(=O)CN1. The van der Waals surface area contributed by atoms with Crippen molar-refractivity contribution in [3.05, 3.63) is 0 Å². The fourth-order valence-electron chi connectivity index (χ4n) is 1.35. The highest BCUT2D eigenvalue weighted by Gasteiger charge is 2.23. The van der Waals surface area contributed by atoms with E-state index in [-0.39, 0.29) is 43.0 Å².